The zero-order chi connectivity index (χ0) is 6.15. The summed E-state index contributed by atoms with van der Waals surface area (Å²) in [5.74, 6) is -1.29. The molecule has 0 fully saturated rings. The Morgan fingerprint density at radius 3 is 2.25 bits per heavy atom. The Hall–Kier alpha value is -1.10. The Labute approximate surface area is 45.0 Å². The van der Waals surface area contributed by atoms with Crippen LogP contribution in [0.1, 0.15) is 0 Å². The number of hydrogen-bond donors (Lipinski definition) is 3. The van der Waals surface area contributed by atoms with E-state index in [0.29, 0.717) is 5.06 Å². The SMILES string of the molecule is OC1=C(O)N(O)CO1. The van der Waals surface area contributed by atoms with Crippen molar-refractivity contribution in [2.75, 3.05) is 6.73 Å². The van der Waals surface area contributed by atoms with E-state index in [-0.39, 0.29) is 6.73 Å². The van der Waals surface area contributed by atoms with E-state index in [2.05, 4.69) is 4.74 Å². The van der Waals surface area contributed by atoms with Gasteiger partial charge in [-0.15, -0.1) is 0 Å². The van der Waals surface area contributed by atoms with Gasteiger partial charge in [-0.2, -0.15) is 5.06 Å². The molecule has 0 aromatic rings. The first kappa shape index (κ1) is 5.04. The van der Waals surface area contributed by atoms with Gasteiger partial charge in [-0.3, -0.25) is 5.21 Å². The standard InChI is InChI=1S/C3H5NO4/c5-2-3(6)8-1-4(2)7/h5-7H,1H2. The molecule has 0 saturated carbocycles. The van der Waals surface area contributed by atoms with Crippen LogP contribution >= 0.6 is 0 Å². The van der Waals surface area contributed by atoms with Crippen LogP contribution in [0.5, 0.6) is 0 Å². The number of nitrogens with zero attached hydrogens (tertiary/aromatic N) is 1. The highest BCUT2D eigenvalue weighted by Crippen LogP contribution is 2.11. The third kappa shape index (κ3) is 0.526. The molecule has 0 aliphatic carbocycles. The minimum Gasteiger partial charge on any atom is -0.488 e. The molecule has 0 saturated heterocycles. The topological polar surface area (TPSA) is 73.2 Å². The molecule has 0 aromatic heterocycles. The fourth-order valence-corrected chi connectivity index (χ4v) is 0.358. The highest BCUT2D eigenvalue weighted by atomic mass is 16.7. The van der Waals surface area contributed by atoms with Crippen LogP contribution in [0.15, 0.2) is 11.8 Å². The van der Waals surface area contributed by atoms with Gasteiger partial charge >= 0.3 is 5.95 Å². The summed E-state index contributed by atoms with van der Waals surface area (Å²) in [5.41, 5.74) is 0. The van der Waals surface area contributed by atoms with E-state index >= 15 is 0 Å². The third-order valence-corrected chi connectivity index (χ3v) is 0.759. The van der Waals surface area contributed by atoms with Gasteiger partial charge in [0.05, 0.1) is 0 Å². The van der Waals surface area contributed by atoms with Gasteiger partial charge in [0.15, 0.2) is 6.73 Å². The maximum Gasteiger partial charge on any atom is 0.344 e. The Kier molecular flexibility index (Phi) is 0.911. The fraction of sp³-hybridized carbons (Fsp3) is 0.333. The van der Waals surface area contributed by atoms with Gasteiger partial charge in [-0.05, 0) is 0 Å². The lowest BCUT2D eigenvalue weighted by molar-refractivity contribution is -0.117. The molecule has 1 rings (SSSR count). The van der Waals surface area contributed by atoms with Crippen LogP contribution in [0.4, 0.5) is 0 Å². The number of hydrogen-bond acceptors (Lipinski definition) is 5. The van der Waals surface area contributed by atoms with Crippen molar-refractivity contribution in [3.05, 3.63) is 11.8 Å². The van der Waals surface area contributed by atoms with Crippen LogP contribution in [0, 0.1) is 0 Å². The molecule has 1 aliphatic rings. The molecule has 0 bridgehead atoms. The smallest absolute Gasteiger partial charge is 0.344 e. The maximum absolute atomic E-state index is 8.45. The van der Waals surface area contributed by atoms with E-state index in [1.165, 1.54) is 0 Å². The summed E-state index contributed by atoms with van der Waals surface area (Å²) in [6, 6.07) is 0. The lowest BCUT2D eigenvalue weighted by atomic mass is 10.8. The normalized spacial score (nSPS) is 19.4. The van der Waals surface area contributed by atoms with Crippen molar-refractivity contribution in [2.24, 2.45) is 0 Å². The van der Waals surface area contributed by atoms with Crippen molar-refractivity contribution in [1.82, 2.24) is 5.06 Å². The number of hydroxylamine groups is 2. The molecule has 0 amide bonds. The maximum atomic E-state index is 8.45. The summed E-state index contributed by atoms with van der Waals surface area (Å²) in [4.78, 5) is 0. The predicted octanol–water partition coefficient (Wildman–Crippen LogP) is -0.0921. The van der Waals surface area contributed by atoms with Gasteiger partial charge in [0, 0.05) is 0 Å². The molecular weight excluding hydrogens is 114 g/mol. The van der Waals surface area contributed by atoms with Crippen molar-refractivity contribution in [3.8, 4) is 0 Å². The number of aliphatic hydroxyl groups excluding tert-OH is 2. The molecular formula is C3H5NO4. The van der Waals surface area contributed by atoms with Crippen molar-refractivity contribution >= 4 is 0 Å². The van der Waals surface area contributed by atoms with Crippen LogP contribution in [0.3, 0.4) is 0 Å². The Bertz CT molecular complexity index is 131. The first-order chi connectivity index (χ1) is 3.72. The van der Waals surface area contributed by atoms with Crippen molar-refractivity contribution in [2.45, 2.75) is 0 Å². The average molecular weight is 119 g/mol. The molecule has 3 N–H and O–H groups in total. The Morgan fingerprint density at radius 1 is 1.50 bits per heavy atom. The lowest BCUT2D eigenvalue weighted by Gasteiger charge is -2.01. The van der Waals surface area contributed by atoms with Crippen LogP contribution < -0.4 is 0 Å². The van der Waals surface area contributed by atoms with Gasteiger partial charge in [-0.1, -0.05) is 0 Å². The summed E-state index contributed by atoms with van der Waals surface area (Å²) < 4.78 is 4.24. The number of rotatable bonds is 0. The molecule has 0 radical (unpaired) electrons. The van der Waals surface area contributed by atoms with Gasteiger partial charge < -0.3 is 14.9 Å². The van der Waals surface area contributed by atoms with Gasteiger partial charge in [-0.25, -0.2) is 0 Å². The third-order valence-electron chi connectivity index (χ3n) is 0.759. The molecule has 0 atom stereocenters. The number of aliphatic hydroxyl groups is 2. The first-order valence-electron chi connectivity index (χ1n) is 1.93. The highest BCUT2D eigenvalue weighted by molar-refractivity contribution is 4.90. The second-order valence-corrected chi connectivity index (χ2v) is 1.30. The summed E-state index contributed by atoms with van der Waals surface area (Å²) in [6.07, 6.45) is 0. The summed E-state index contributed by atoms with van der Waals surface area (Å²) in [6.45, 7) is -0.225. The van der Waals surface area contributed by atoms with E-state index < -0.39 is 11.8 Å². The van der Waals surface area contributed by atoms with Gasteiger partial charge in [0.1, 0.15) is 0 Å². The van der Waals surface area contributed by atoms with Crippen LogP contribution in [0.25, 0.3) is 0 Å². The first-order valence-corrected chi connectivity index (χ1v) is 1.93. The molecule has 0 aromatic carbocycles. The molecule has 5 nitrogen and oxygen atoms in total. The summed E-state index contributed by atoms with van der Waals surface area (Å²) in [7, 11) is 0. The Balaban J connectivity index is 2.71. The minimum absolute atomic E-state index is 0.225. The van der Waals surface area contributed by atoms with Gasteiger partial charge in [0.25, 0.3) is 5.88 Å². The average Bonchev–Trinajstić information content (AvgIpc) is 1.98. The zero-order valence-electron chi connectivity index (χ0n) is 3.90. The number of ether oxygens (including phenoxy) is 1. The molecule has 1 aliphatic heterocycles. The van der Waals surface area contributed by atoms with Crippen LogP contribution in [-0.2, 0) is 4.74 Å². The summed E-state index contributed by atoms with van der Waals surface area (Å²) in [5, 5.41) is 25.6. The zero-order valence-corrected chi connectivity index (χ0v) is 3.90. The minimum atomic E-state index is -0.648. The van der Waals surface area contributed by atoms with Crippen LogP contribution in [0.2, 0.25) is 0 Å². The van der Waals surface area contributed by atoms with E-state index in [1.54, 1.807) is 0 Å². The second-order valence-electron chi connectivity index (χ2n) is 1.30. The summed E-state index contributed by atoms with van der Waals surface area (Å²) >= 11 is 0. The van der Waals surface area contributed by atoms with Gasteiger partial charge in [0.2, 0.25) is 0 Å². The highest BCUT2D eigenvalue weighted by Gasteiger charge is 2.20. The molecule has 0 spiro atoms. The lowest BCUT2D eigenvalue weighted by Crippen LogP contribution is -2.13. The van der Waals surface area contributed by atoms with E-state index in [9.17, 15) is 0 Å². The monoisotopic (exact) mass is 119 g/mol. The molecule has 46 valence electrons. The Morgan fingerprint density at radius 2 is 2.12 bits per heavy atom. The van der Waals surface area contributed by atoms with Crippen LogP contribution in [-0.4, -0.2) is 27.2 Å². The predicted molar refractivity (Wildman–Crippen MR) is 21.9 cm³/mol. The molecule has 5 heteroatoms. The molecule has 8 heavy (non-hydrogen) atoms. The van der Waals surface area contributed by atoms with E-state index in [4.69, 9.17) is 15.4 Å². The van der Waals surface area contributed by atoms with Crippen molar-refractivity contribution in [3.63, 3.8) is 0 Å². The molecule has 1 heterocycles. The largest absolute Gasteiger partial charge is 0.488 e. The van der Waals surface area contributed by atoms with E-state index in [1.807, 2.05) is 0 Å². The van der Waals surface area contributed by atoms with E-state index in [0.717, 1.165) is 0 Å². The fourth-order valence-electron chi connectivity index (χ4n) is 0.358. The van der Waals surface area contributed by atoms with Crippen molar-refractivity contribution in [1.29, 1.82) is 0 Å². The second kappa shape index (κ2) is 1.45. The van der Waals surface area contributed by atoms with Crippen molar-refractivity contribution < 1.29 is 20.2 Å². The quantitative estimate of drug-likeness (QED) is 0.415. The molecule has 0 unspecified atom stereocenters.